The first-order valence-corrected chi connectivity index (χ1v) is 7.42. The molecule has 0 radical (unpaired) electrons. The van der Waals surface area contributed by atoms with Crippen LogP contribution in [0.1, 0.15) is 30.1 Å². The highest BCUT2D eigenvalue weighted by Gasteiger charge is 2.22. The number of benzene rings is 1. The molecule has 0 bridgehead atoms. The lowest BCUT2D eigenvalue weighted by Gasteiger charge is -2.25. The summed E-state index contributed by atoms with van der Waals surface area (Å²) in [5.74, 6) is -0.0848. The number of hydrogen-bond acceptors (Lipinski definition) is 3. The lowest BCUT2D eigenvalue weighted by atomic mass is 10.1. The second-order valence-electron chi connectivity index (χ2n) is 4.80. The number of halogens is 1. The van der Waals surface area contributed by atoms with Crippen molar-refractivity contribution in [3.05, 3.63) is 28.2 Å². The van der Waals surface area contributed by atoms with Crippen LogP contribution in [0.15, 0.2) is 22.7 Å². The van der Waals surface area contributed by atoms with E-state index in [0.29, 0.717) is 24.7 Å². The van der Waals surface area contributed by atoms with E-state index in [1.165, 1.54) is 6.42 Å². The van der Waals surface area contributed by atoms with Crippen molar-refractivity contribution >= 4 is 21.8 Å². The third-order valence-corrected chi connectivity index (χ3v) is 3.96. The van der Waals surface area contributed by atoms with E-state index >= 15 is 0 Å². The van der Waals surface area contributed by atoms with E-state index in [-0.39, 0.29) is 11.7 Å². The molecule has 1 aromatic carbocycles. The van der Waals surface area contributed by atoms with E-state index in [2.05, 4.69) is 21.2 Å². The number of hydrogen-bond donors (Lipinski definition) is 2. The van der Waals surface area contributed by atoms with Gasteiger partial charge in [0.05, 0.1) is 5.56 Å². The molecule has 104 valence electrons. The minimum Gasteiger partial charge on any atom is -0.507 e. The minimum atomic E-state index is -0.110. The molecule has 4 nitrogen and oxygen atoms in total. The molecular weight excluding hydrogens is 308 g/mol. The van der Waals surface area contributed by atoms with Crippen molar-refractivity contribution in [3.63, 3.8) is 0 Å². The standard InChI is InChI=1S/C14H19BrN2O2/c1-2-17(9-11-4-3-7-16-11)14(19)12-6-5-10(15)8-13(12)18/h5-6,8,11,16,18H,2-4,7,9H2,1H3. The van der Waals surface area contributed by atoms with Crippen LogP contribution >= 0.6 is 15.9 Å². The fourth-order valence-corrected chi connectivity index (χ4v) is 2.74. The zero-order valence-corrected chi connectivity index (χ0v) is 12.6. The van der Waals surface area contributed by atoms with Gasteiger partial charge in [-0.2, -0.15) is 0 Å². The van der Waals surface area contributed by atoms with Gasteiger partial charge in [0.25, 0.3) is 5.91 Å². The molecule has 1 atom stereocenters. The molecule has 1 amide bonds. The first-order valence-electron chi connectivity index (χ1n) is 6.63. The summed E-state index contributed by atoms with van der Waals surface area (Å²) in [7, 11) is 0. The topological polar surface area (TPSA) is 52.6 Å². The number of phenolic OH excluding ortho intramolecular Hbond substituents is 1. The van der Waals surface area contributed by atoms with E-state index in [1.54, 1.807) is 23.1 Å². The van der Waals surface area contributed by atoms with Crippen molar-refractivity contribution in [1.82, 2.24) is 10.2 Å². The van der Waals surface area contributed by atoms with Crippen LogP contribution in [0.5, 0.6) is 5.75 Å². The molecule has 1 unspecified atom stereocenters. The van der Waals surface area contributed by atoms with Crippen molar-refractivity contribution in [2.24, 2.45) is 0 Å². The summed E-state index contributed by atoms with van der Waals surface area (Å²) in [6, 6.07) is 5.36. The number of phenols is 1. The number of rotatable bonds is 4. The number of amides is 1. The van der Waals surface area contributed by atoms with Crippen LogP contribution in [0.3, 0.4) is 0 Å². The van der Waals surface area contributed by atoms with E-state index in [1.807, 2.05) is 6.92 Å². The van der Waals surface area contributed by atoms with Crippen molar-refractivity contribution in [2.45, 2.75) is 25.8 Å². The van der Waals surface area contributed by atoms with Gasteiger partial charge in [-0.15, -0.1) is 0 Å². The lowest BCUT2D eigenvalue weighted by molar-refractivity contribution is 0.0748. The largest absolute Gasteiger partial charge is 0.507 e. The Labute approximate surface area is 121 Å². The fraction of sp³-hybridized carbons (Fsp3) is 0.500. The molecule has 1 heterocycles. The number of nitrogens with zero attached hydrogens (tertiary/aromatic N) is 1. The van der Waals surface area contributed by atoms with Gasteiger partial charge in [0.15, 0.2) is 0 Å². The SMILES string of the molecule is CCN(CC1CCCN1)C(=O)c1ccc(Br)cc1O. The average Bonchev–Trinajstić information content (AvgIpc) is 2.88. The molecule has 1 aliphatic rings. The van der Waals surface area contributed by atoms with Crippen LogP contribution in [0.4, 0.5) is 0 Å². The number of nitrogens with one attached hydrogen (secondary N) is 1. The van der Waals surface area contributed by atoms with Gasteiger partial charge in [-0.3, -0.25) is 4.79 Å². The third-order valence-electron chi connectivity index (χ3n) is 3.46. The highest BCUT2D eigenvalue weighted by Crippen LogP contribution is 2.24. The molecule has 1 aromatic rings. The molecule has 5 heteroatoms. The maximum absolute atomic E-state index is 12.4. The quantitative estimate of drug-likeness (QED) is 0.893. The number of likely N-dealkylation sites (N-methyl/N-ethyl adjacent to an activating group) is 1. The van der Waals surface area contributed by atoms with E-state index in [9.17, 15) is 9.90 Å². The Morgan fingerprint density at radius 2 is 2.37 bits per heavy atom. The number of carbonyl (C=O) groups excluding carboxylic acids is 1. The monoisotopic (exact) mass is 326 g/mol. The zero-order chi connectivity index (χ0) is 13.8. The second-order valence-corrected chi connectivity index (χ2v) is 5.71. The Morgan fingerprint density at radius 3 is 2.95 bits per heavy atom. The minimum absolute atomic E-state index is 0.0252. The molecular formula is C14H19BrN2O2. The zero-order valence-electron chi connectivity index (χ0n) is 11.0. The molecule has 2 N–H and O–H groups in total. The van der Waals surface area contributed by atoms with Crippen molar-refractivity contribution in [1.29, 1.82) is 0 Å². The van der Waals surface area contributed by atoms with Gasteiger partial charge in [0.2, 0.25) is 0 Å². The predicted molar refractivity (Wildman–Crippen MR) is 78.4 cm³/mol. The van der Waals surface area contributed by atoms with Crippen molar-refractivity contribution in [3.8, 4) is 5.75 Å². The van der Waals surface area contributed by atoms with Crippen molar-refractivity contribution < 1.29 is 9.90 Å². The first kappa shape index (κ1) is 14.3. The first-order chi connectivity index (χ1) is 9.11. The van der Waals surface area contributed by atoms with Crippen LogP contribution in [-0.4, -0.2) is 41.6 Å². The van der Waals surface area contributed by atoms with Crippen LogP contribution < -0.4 is 5.32 Å². The van der Waals surface area contributed by atoms with Gasteiger partial charge >= 0.3 is 0 Å². The van der Waals surface area contributed by atoms with Gasteiger partial charge in [-0.25, -0.2) is 0 Å². The van der Waals surface area contributed by atoms with Gasteiger partial charge in [-0.05, 0) is 44.5 Å². The van der Waals surface area contributed by atoms with E-state index < -0.39 is 0 Å². The summed E-state index contributed by atoms with van der Waals surface area (Å²) in [4.78, 5) is 14.2. The number of aromatic hydroxyl groups is 1. The summed E-state index contributed by atoms with van der Waals surface area (Å²) >= 11 is 3.28. The average molecular weight is 327 g/mol. The maximum Gasteiger partial charge on any atom is 0.257 e. The molecule has 0 aromatic heterocycles. The predicted octanol–water partition coefficient (Wildman–Crippen LogP) is 2.37. The maximum atomic E-state index is 12.4. The second kappa shape index (κ2) is 6.39. The Bertz CT molecular complexity index is 459. The molecule has 0 aliphatic carbocycles. The molecule has 1 fully saturated rings. The van der Waals surface area contributed by atoms with E-state index in [4.69, 9.17) is 0 Å². The summed E-state index contributed by atoms with van der Waals surface area (Å²) in [6.45, 7) is 4.33. The smallest absolute Gasteiger partial charge is 0.257 e. The fourth-order valence-electron chi connectivity index (χ4n) is 2.39. The Balaban J connectivity index is 2.10. The van der Waals surface area contributed by atoms with Crippen LogP contribution in [0.2, 0.25) is 0 Å². The highest BCUT2D eigenvalue weighted by molar-refractivity contribution is 9.10. The normalized spacial score (nSPS) is 18.5. The molecule has 19 heavy (non-hydrogen) atoms. The van der Waals surface area contributed by atoms with Crippen molar-refractivity contribution in [2.75, 3.05) is 19.6 Å². The van der Waals surface area contributed by atoms with Crippen LogP contribution in [0.25, 0.3) is 0 Å². The van der Waals surface area contributed by atoms with Crippen LogP contribution in [0, 0.1) is 0 Å². The van der Waals surface area contributed by atoms with Gasteiger partial charge in [-0.1, -0.05) is 15.9 Å². The Kier molecular flexibility index (Phi) is 4.82. The summed E-state index contributed by atoms with van der Waals surface area (Å²) in [5, 5.41) is 13.3. The van der Waals surface area contributed by atoms with Gasteiger partial charge < -0.3 is 15.3 Å². The van der Waals surface area contributed by atoms with Gasteiger partial charge in [0.1, 0.15) is 5.75 Å². The molecule has 2 rings (SSSR count). The van der Waals surface area contributed by atoms with E-state index in [0.717, 1.165) is 17.4 Å². The number of carbonyl (C=O) groups is 1. The van der Waals surface area contributed by atoms with Gasteiger partial charge in [0, 0.05) is 23.6 Å². The summed E-state index contributed by atoms with van der Waals surface area (Å²) in [5.41, 5.74) is 0.364. The highest BCUT2D eigenvalue weighted by atomic mass is 79.9. The third kappa shape index (κ3) is 3.48. The Morgan fingerprint density at radius 1 is 1.58 bits per heavy atom. The molecule has 1 saturated heterocycles. The molecule has 0 spiro atoms. The summed E-state index contributed by atoms with van der Waals surface area (Å²) in [6.07, 6.45) is 2.27. The summed E-state index contributed by atoms with van der Waals surface area (Å²) < 4.78 is 0.766. The molecule has 0 saturated carbocycles. The lowest BCUT2D eigenvalue weighted by Crippen LogP contribution is -2.41. The van der Waals surface area contributed by atoms with Crippen LogP contribution in [-0.2, 0) is 0 Å². The molecule has 1 aliphatic heterocycles. The Hall–Kier alpha value is -1.07.